The minimum Gasteiger partial charge on any atom is -0.496 e. The third-order valence-electron chi connectivity index (χ3n) is 3.96. The number of aromatic nitrogens is 1. The maximum Gasteiger partial charge on any atom is 0.207 e. The van der Waals surface area contributed by atoms with Gasteiger partial charge in [0.25, 0.3) is 0 Å². The largest absolute Gasteiger partial charge is 0.496 e. The molecule has 0 amide bonds. The molecule has 2 aromatic rings. The number of hydrogen-bond donors (Lipinski definition) is 0. The molecule has 0 saturated heterocycles. The first-order chi connectivity index (χ1) is 12.8. The number of rotatable bonds is 5. The summed E-state index contributed by atoms with van der Waals surface area (Å²) in [5.74, 6) is 1.58. The van der Waals surface area contributed by atoms with Crippen molar-refractivity contribution in [1.82, 2.24) is 4.74 Å². The lowest BCUT2D eigenvalue weighted by Crippen LogP contribution is -2.18. The van der Waals surface area contributed by atoms with E-state index in [0.29, 0.717) is 28.4 Å². The summed E-state index contributed by atoms with van der Waals surface area (Å²) in [7, 11) is 1.55. The average Bonchev–Trinajstić information content (AvgIpc) is 3.02. The summed E-state index contributed by atoms with van der Waals surface area (Å²) >= 11 is 6.13. The van der Waals surface area contributed by atoms with Gasteiger partial charge in [-0.15, -0.1) is 0 Å². The highest BCUT2D eigenvalue weighted by molar-refractivity contribution is 6.31. The standard InChI is InChI=1S/C20H25ClN4O2/c1-6-7-10-25-18(12-17(27-25)20(2,3)4)24-19(23-13-22)15-11-14(21)8-9-16(15)26-5/h8-9,11-12H,6-7,10H2,1-5H3/b23-19+,24-18+. The van der Waals surface area contributed by atoms with Crippen LogP contribution in [0.5, 0.6) is 5.75 Å². The van der Waals surface area contributed by atoms with E-state index in [9.17, 15) is 0 Å². The van der Waals surface area contributed by atoms with Crippen LogP contribution < -0.4 is 10.2 Å². The predicted molar refractivity (Wildman–Crippen MR) is 106 cm³/mol. The van der Waals surface area contributed by atoms with Crippen molar-refractivity contribution >= 4 is 17.4 Å². The summed E-state index contributed by atoms with van der Waals surface area (Å²) in [6.07, 6.45) is 3.79. The second-order valence-corrected chi connectivity index (χ2v) is 7.59. The number of halogens is 1. The molecule has 0 atom stereocenters. The van der Waals surface area contributed by atoms with Crippen LogP contribution in [0.3, 0.4) is 0 Å². The van der Waals surface area contributed by atoms with Crippen molar-refractivity contribution in [2.24, 2.45) is 9.98 Å². The molecule has 6 nitrogen and oxygen atoms in total. The smallest absolute Gasteiger partial charge is 0.207 e. The van der Waals surface area contributed by atoms with Gasteiger partial charge < -0.3 is 9.26 Å². The number of nitrogens with zero attached hydrogens (tertiary/aromatic N) is 4. The maximum atomic E-state index is 9.15. The Hall–Kier alpha value is -2.52. The molecule has 2 rings (SSSR count). The zero-order chi connectivity index (χ0) is 20.0. The van der Waals surface area contributed by atoms with Crippen LogP contribution in [0, 0.1) is 11.5 Å². The molecular weight excluding hydrogens is 364 g/mol. The first-order valence-corrected chi connectivity index (χ1v) is 9.25. The van der Waals surface area contributed by atoms with Crippen LogP contribution in [0.2, 0.25) is 5.02 Å². The van der Waals surface area contributed by atoms with Crippen LogP contribution in [-0.2, 0) is 12.0 Å². The van der Waals surface area contributed by atoms with Crippen molar-refractivity contribution in [1.29, 1.82) is 5.26 Å². The molecule has 0 aliphatic heterocycles. The Balaban J connectivity index is 2.66. The van der Waals surface area contributed by atoms with E-state index in [1.54, 1.807) is 30.0 Å². The number of aliphatic imine (C=N–C) groups is 1. The summed E-state index contributed by atoms with van der Waals surface area (Å²) in [5, 5.41) is 9.66. The third-order valence-corrected chi connectivity index (χ3v) is 4.19. The van der Waals surface area contributed by atoms with Crippen molar-refractivity contribution in [2.75, 3.05) is 7.11 Å². The maximum absolute atomic E-state index is 9.15. The molecule has 144 valence electrons. The van der Waals surface area contributed by atoms with E-state index in [-0.39, 0.29) is 11.3 Å². The number of methoxy groups -OCH3 is 1. The summed E-state index contributed by atoms with van der Waals surface area (Å²) in [5.41, 5.74) is 0.985. The highest BCUT2D eigenvalue weighted by Crippen LogP contribution is 2.24. The van der Waals surface area contributed by atoms with E-state index in [4.69, 9.17) is 26.1 Å². The first-order valence-electron chi connectivity index (χ1n) is 8.87. The van der Waals surface area contributed by atoms with Gasteiger partial charge in [0, 0.05) is 16.5 Å². The second kappa shape index (κ2) is 8.92. The fourth-order valence-corrected chi connectivity index (χ4v) is 2.61. The molecule has 0 saturated carbocycles. The van der Waals surface area contributed by atoms with Crippen molar-refractivity contribution in [3.05, 3.63) is 46.1 Å². The Morgan fingerprint density at radius 1 is 1.33 bits per heavy atom. The van der Waals surface area contributed by atoms with E-state index < -0.39 is 0 Å². The van der Waals surface area contributed by atoms with Crippen LogP contribution in [0.1, 0.15) is 51.9 Å². The van der Waals surface area contributed by atoms with Gasteiger partial charge in [-0.1, -0.05) is 45.7 Å². The summed E-state index contributed by atoms with van der Waals surface area (Å²) in [6, 6.07) is 7.01. The molecule has 0 fully saturated rings. The van der Waals surface area contributed by atoms with Gasteiger partial charge in [0.15, 0.2) is 11.3 Å². The van der Waals surface area contributed by atoms with Gasteiger partial charge in [-0.25, -0.2) is 4.99 Å². The van der Waals surface area contributed by atoms with E-state index in [1.807, 2.05) is 12.3 Å². The zero-order valence-corrected chi connectivity index (χ0v) is 17.2. The molecule has 1 aromatic heterocycles. The number of ether oxygens (including phenoxy) is 1. The van der Waals surface area contributed by atoms with Gasteiger partial charge >= 0.3 is 0 Å². The second-order valence-electron chi connectivity index (χ2n) is 7.16. The molecule has 27 heavy (non-hydrogen) atoms. The Kier molecular flexibility index (Phi) is 6.86. The minimum absolute atomic E-state index is 0.165. The molecular formula is C20H25ClN4O2. The van der Waals surface area contributed by atoms with Crippen LogP contribution >= 0.6 is 11.6 Å². The van der Waals surface area contributed by atoms with Crippen molar-refractivity contribution in [3.8, 4) is 11.9 Å². The molecule has 7 heteroatoms. The fraction of sp³-hybridized carbons (Fsp3) is 0.450. The lowest BCUT2D eigenvalue weighted by Gasteiger charge is -2.13. The van der Waals surface area contributed by atoms with Crippen molar-refractivity contribution in [2.45, 2.75) is 52.5 Å². The molecule has 0 aliphatic rings. The molecule has 1 heterocycles. The Bertz CT molecular complexity index is 927. The Morgan fingerprint density at radius 3 is 2.67 bits per heavy atom. The molecule has 0 N–H and O–H groups in total. The van der Waals surface area contributed by atoms with Gasteiger partial charge in [-0.3, -0.25) is 0 Å². The van der Waals surface area contributed by atoms with Crippen molar-refractivity contribution < 1.29 is 9.26 Å². The van der Waals surface area contributed by atoms with Gasteiger partial charge in [0.2, 0.25) is 6.19 Å². The Labute approximate surface area is 164 Å². The first kappa shape index (κ1) is 20.8. The van der Waals surface area contributed by atoms with Gasteiger partial charge in [-0.2, -0.15) is 15.0 Å². The molecule has 0 aliphatic carbocycles. The predicted octanol–water partition coefficient (Wildman–Crippen LogP) is 4.67. The number of aryl methyl sites for hydroxylation is 1. The lowest BCUT2D eigenvalue weighted by molar-refractivity contribution is 0.214. The summed E-state index contributed by atoms with van der Waals surface area (Å²) in [4.78, 5) is 8.51. The fourth-order valence-electron chi connectivity index (χ4n) is 2.44. The van der Waals surface area contributed by atoms with Crippen LogP contribution in [0.25, 0.3) is 0 Å². The average molecular weight is 389 g/mol. The molecule has 0 bridgehead atoms. The topological polar surface area (TPSA) is 75.8 Å². The van der Waals surface area contributed by atoms with Crippen molar-refractivity contribution in [3.63, 3.8) is 0 Å². The molecule has 1 aromatic carbocycles. The van der Waals surface area contributed by atoms with Gasteiger partial charge in [0.1, 0.15) is 11.5 Å². The quantitative estimate of drug-likeness (QED) is 0.424. The summed E-state index contributed by atoms with van der Waals surface area (Å²) in [6.45, 7) is 9.03. The van der Waals surface area contributed by atoms with E-state index in [1.165, 1.54) is 0 Å². The van der Waals surface area contributed by atoms with E-state index >= 15 is 0 Å². The van der Waals surface area contributed by atoms with Crippen LogP contribution in [0.15, 0.2) is 38.8 Å². The number of benzene rings is 1. The highest BCUT2D eigenvalue weighted by atomic mass is 35.5. The third kappa shape index (κ3) is 5.24. The Morgan fingerprint density at radius 2 is 2.07 bits per heavy atom. The highest BCUT2D eigenvalue weighted by Gasteiger charge is 2.20. The normalized spacial score (nSPS) is 12.9. The van der Waals surface area contributed by atoms with E-state index in [0.717, 1.165) is 18.6 Å². The summed E-state index contributed by atoms with van der Waals surface area (Å²) < 4.78 is 13.1. The number of unbranched alkanes of at least 4 members (excludes halogenated alkanes) is 1. The number of amidine groups is 1. The minimum atomic E-state index is -0.165. The SMILES string of the molecule is CCCCn1oc(C(C)(C)C)c/c1=N\C(=N\C#N)c1cc(Cl)ccc1OC. The lowest BCUT2D eigenvalue weighted by atomic mass is 9.94. The van der Waals surface area contributed by atoms with Crippen LogP contribution in [-0.4, -0.2) is 17.7 Å². The van der Waals surface area contributed by atoms with Gasteiger partial charge in [0.05, 0.1) is 19.2 Å². The van der Waals surface area contributed by atoms with E-state index in [2.05, 4.69) is 37.7 Å². The van der Waals surface area contributed by atoms with Crippen LogP contribution in [0.4, 0.5) is 0 Å². The van der Waals surface area contributed by atoms with Gasteiger partial charge in [-0.05, 0) is 24.6 Å². The zero-order valence-electron chi connectivity index (χ0n) is 16.4. The monoisotopic (exact) mass is 388 g/mol. The molecule has 0 spiro atoms. The molecule has 0 radical (unpaired) electrons. The molecule has 0 unspecified atom stereocenters. The number of nitriles is 1. The number of hydrogen-bond acceptors (Lipinski definition) is 4.